The number of aliphatic hydroxyl groups excluding tert-OH is 1. The fourth-order valence-corrected chi connectivity index (χ4v) is 113. The smallest absolute Gasteiger partial charge is 0.0955 e. The van der Waals surface area contributed by atoms with Gasteiger partial charge in [-0.2, -0.15) is 0 Å². The molecule has 24 heavy (non-hydrogen) atoms. The van der Waals surface area contributed by atoms with Crippen molar-refractivity contribution in [2.45, 2.75) is 101 Å². The predicted octanol–water partition coefficient (Wildman–Crippen LogP) is 6.97. The second kappa shape index (κ2) is 8.86. The Balaban J connectivity index is 6.60. The topological polar surface area (TPSA) is 20.2 Å². The third-order valence-corrected chi connectivity index (χ3v) is 81.6. The fraction of sp³-hybridized carbons (Fsp3) is 1.00. The highest BCUT2D eigenvalue weighted by Crippen LogP contribution is 2.51. The summed E-state index contributed by atoms with van der Waals surface area (Å²) in [5, 5.41) is 10.8. The van der Waals surface area contributed by atoms with E-state index in [1.165, 1.54) is 6.42 Å². The van der Waals surface area contributed by atoms with Crippen molar-refractivity contribution in [3.05, 3.63) is 0 Å². The summed E-state index contributed by atoms with van der Waals surface area (Å²) >= 11 is 7.15. The van der Waals surface area contributed by atoms with Crippen LogP contribution in [0.1, 0.15) is 26.7 Å². The Morgan fingerprint density at radius 2 is 1.12 bits per heavy atom. The zero-order valence-electron chi connectivity index (χ0n) is 17.9. The molecular formula is C17H42Br2OSi4. The highest BCUT2D eigenvalue weighted by molar-refractivity contribution is 9.24. The van der Waals surface area contributed by atoms with Gasteiger partial charge in [0.05, 0.1) is 9.84 Å². The molecule has 0 amide bonds. The van der Waals surface area contributed by atoms with E-state index in [4.69, 9.17) is 0 Å². The molecular weight excluding hydrogens is 492 g/mol. The summed E-state index contributed by atoms with van der Waals surface area (Å²) in [7, 11) is -3.99. The highest BCUT2D eigenvalue weighted by Gasteiger charge is 2.65. The van der Waals surface area contributed by atoms with Crippen LogP contribution in [0.25, 0.3) is 0 Å². The lowest BCUT2D eigenvalue weighted by atomic mass is 10.00. The number of aliphatic hydroxyl groups is 1. The van der Waals surface area contributed by atoms with Crippen molar-refractivity contribution in [3.8, 4) is 0 Å². The first-order valence-corrected chi connectivity index (χ1v) is 26.8. The van der Waals surface area contributed by atoms with Gasteiger partial charge in [-0.3, -0.25) is 0 Å². The van der Waals surface area contributed by atoms with Crippen molar-refractivity contribution < 1.29 is 5.11 Å². The molecule has 1 N–H and O–H groups in total. The first-order chi connectivity index (χ1) is 10.4. The number of alkyl halides is 2. The minimum absolute atomic E-state index is 0.00756. The lowest BCUT2D eigenvalue weighted by Gasteiger charge is -2.63. The maximum absolute atomic E-state index is 10.8. The number of hydrogen-bond donors (Lipinski definition) is 1. The van der Waals surface area contributed by atoms with Gasteiger partial charge < -0.3 is 5.11 Å². The van der Waals surface area contributed by atoms with E-state index in [0.717, 1.165) is 17.9 Å². The molecule has 0 aromatic rings. The maximum Gasteiger partial charge on any atom is 0.0955 e. The number of hydrogen-bond acceptors (Lipinski definition) is 1. The molecule has 0 aromatic carbocycles. The standard InChI is InChI=1S/C17H42Br2OSi4/c1-12-14(2)16(13-15(20)17(18)19)24(21(3,4)5,22(6,7)8)23(9,10)11/h14-17,20H,12-13H2,1-11H3/t14-,15+,16-/m1/s1. The van der Waals surface area contributed by atoms with Gasteiger partial charge >= 0.3 is 0 Å². The molecule has 7 heteroatoms. The normalized spacial score (nSPS) is 18.6. The van der Waals surface area contributed by atoms with Gasteiger partial charge in [0, 0.05) is 29.4 Å². The van der Waals surface area contributed by atoms with Crippen LogP contribution < -0.4 is 0 Å². The first kappa shape index (κ1) is 25.8. The van der Waals surface area contributed by atoms with Crippen LogP contribution in [0.15, 0.2) is 0 Å². The van der Waals surface area contributed by atoms with E-state index in [9.17, 15) is 5.11 Å². The van der Waals surface area contributed by atoms with Gasteiger partial charge in [-0.1, -0.05) is 111 Å². The third kappa shape index (κ3) is 5.19. The van der Waals surface area contributed by atoms with Crippen molar-refractivity contribution >= 4 is 61.3 Å². The van der Waals surface area contributed by atoms with Crippen LogP contribution in [-0.4, -0.2) is 44.3 Å². The molecule has 0 unspecified atom stereocenters. The second-order valence-electron chi connectivity index (χ2n) is 10.7. The van der Waals surface area contributed by atoms with E-state index in [1.807, 2.05) is 0 Å². The molecule has 0 heterocycles. The van der Waals surface area contributed by atoms with E-state index in [1.54, 1.807) is 0 Å². The van der Waals surface area contributed by atoms with E-state index in [-0.39, 0.29) is 9.84 Å². The molecule has 1 nitrogen and oxygen atoms in total. The molecule has 146 valence electrons. The summed E-state index contributed by atoms with van der Waals surface area (Å²) in [6.45, 7) is 27.3. The molecule has 0 aliphatic carbocycles. The Bertz CT molecular complexity index is 361. The van der Waals surface area contributed by atoms with Crippen molar-refractivity contribution in [2.24, 2.45) is 5.92 Å². The number of halogens is 2. The van der Waals surface area contributed by atoms with Crippen LogP contribution in [0.3, 0.4) is 0 Å². The van der Waals surface area contributed by atoms with Crippen molar-refractivity contribution in [1.82, 2.24) is 0 Å². The van der Waals surface area contributed by atoms with Gasteiger partial charge in [0.1, 0.15) is 0 Å². The average Bonchev–Trinajstić information content (AvgIpc) is 2.31. The predicted molar refractivity (Wildman–Crippen MR) is 131 cm³/mol. The minimum atomic E-state index is -1.51. The molecule has 0 rings (SSSR count). The van der Waals surface area contributed by atoms with Crippen LogP contribution in [0.2, 0.25) is 64.5 Å². The second-order valence-corrected chi connectivity index (χ2v) is 54.8. The van der Waals surface area contributed by atoms with Gasteiger partial charge in [-0.25, -0.2) is 0 Å². The Morgan fingerprint density at radius 1 is 0.792 bits per heavy atom. The largest absolute Gasteiger partial charge is 0.391 e. The Hall–Kier alpha value is 1.79. The van der Waals surface area contributed by atoms with Crippen LogP contribution in [-0.2, 0) is 0 Å². The van der Waals surface area contributed by atoms with E-state index in [2.05, 4.69) is 105 Å². The molecule has 0 aliphatic rings. The zero-order valence-corrected chi connectivity index (χ0v) is 25.1. The number of rotatable bonds is 9. The molecule has 3 atom stereocenters. The molecule has 0 aliphatic heterocycles. The van der Waals surface area contributed by atoms with E-state index in [0.29, 0.717) is 0 Å². The van der Waals surface area contributed by atoms with Gasteiger partial charge in [0.2, 0.25) is 0 Å². The highest BCUT2D eigenvalue weighted by atomic mass is 79.9. The van der Waals surface area contributed by atoms with Gasteiger partial charge in [0.15, 0.2) is 0 Å². The lowest BCUT2D eigenvalue weighted by Crippen LogP contribution is -2.85. The van der Waals surface area contributed by atoms with Crippen molar-refractivity contribution in [2.75, 3.05) is 0 Å². The molecule has 0 bridgehead atoms. The van der Waals surface area contributed by atoms with Gasteiger partial charge in [-0.05, 0) is 17.9 Å². The molecule has 0 saturated heterocycles. The SMILES string of the molecule is CC[C@@H](C)[C@@H](C[C@H](O)C(Br)Br)[Si]([Si](C)(C)C)([Si](C)(C)C)[Si](C)(C)C. The molecule has 0 aromatic heterocycles. The summed E-state index contributed by atoms with van der Waals surface area (Å²) < 4.78 is 0.00756. The Kier molecular flexibility index (Phi) is 9.52. The first-order valence-electron chi connectivity index (χ1n) is 9.41. The van der Waals surface area contributed by atoms with Gasteiger partial charge in [-0.15, -0.1) is 0 Å². The summed E-state index contributed by atoms with van der Waals surface area (Å²) in [6.07, 6.45) is 1.92. The summed E-state index contributed by atoms with van der Waals surface area (Å²) in [5.41, 5.74) is 0.750. The Morgan fingerprint density at radius 3 is 1.33 bits per heavy atom. The van der Waals surface area contributed by atoms with Crippen LogP contribution >= 0.6 is 31.9 Å². The van der Waals surface area contributed by atoms with Gasteiger partial charge in [0.25, 0.3) is 0 Å². The van der Waals surface area contributed by atoms with Crippen LogP contribution in [0.4, 0.5) is 0 Å². The monoisotopic (exact) mass is 532 g/mol. The zero-order chi connectivity index (χ0) is 19.7. The van der Waals surface area contributed by atoms with Crippen LogP contribution in [0, 0.1) is 5.92 Å². The Labute approximate surface area is 172 Å². The molecule has 0 saturated carbocycles. The van der Waals surface area contributed by atoms with E-state index < -0.39 is 29.4 Å². The maximum atomic E-state index is 10.8. The molecule has 0 fully saturated rings. The quantitative estimate of drug-likeness (QED) is 0.250. The minimum Gasteiger partial charge on any atom is -0.391 e. The van der Waals surface area contributed by atoms with Crippen molar-refractivity contribution in [3.63, 3.8) is 0 Å². The fourth-order valence-electron chi connectivity index (χ4n) is 6.53. The summed E-state index contributed by atoms with van der Waals surface area (Å²) in [6, 6.07) is 0. The van der Waals surface area contributed by atoms with E-state index >= 15 is 0 Å². The molecule has 0 radical (unpaired) electrons. The third-order valence-electron chi connectivity index (χ3n) is 6.22. The average molecular weight is 535 g/mol. The van der Waals surface area contributed by atoms with Crippen LogP contribution in [0.5, 0.6) is 0 Å². The molecule has 0 spiro atoms. The lowest BCUT2D eigenvalue weighted by molar-refractivity contribution is 0.173. The summed E-state index contributed by atoms with van der Waals surface area (Å²) in [4.78, 5) is 0. The van der Waals surface area contributed by atoms with Crippen molar-refractivity contribution in [1.29, 1.82) is 0 Å². The summed E-state index contributed by atoms with van der Waals surface area (Å²) in [5.74, 6) is 0.718.